The van der Waals surface area contributed by atoms with Crippen molar-refractivity contribution in [1.29, 1.82) is 0 Å². The normalized spacial score (nSPS) is 11.6. The van der Waals surface area contributed by atoms with E-state index < -0.39 is 0 Å². The number of hydrogen-bond donors (Lipinski definition) is 1. The molecular weight excluding hydrogens is 318 g/mol. The quantitative estimate of drug-likeness (QED) is 0.706. The molecule has 5 heteroatoms. The van der Waals surface area contributed by atoms with Gasteiger partial charge in [-0.15, -0.1) is 0 Å². The molecule has 0 bridgehead atoms. The van der Waals surface area contributed by atoms with Gasteiger partial charge in [0.1, 0.15) is 11.5 Å². The first kappa shape index (κ1) is 18.8. The summed E-state index contributed by atoms with van der Waals surface area (Å²) >= 11 is 0. The van der Waals surface area contributed by atoms with Crippen LogP contribution in [0.15, 0.2) is 48.5 Å². The van der Waals surface area contributed by atoms with Gasteiger partial charge >= 0.3 is 5.97 Å². The molecule has 0 aliphatic carbocycles. The Hall–Kier alpha value is -2.53. The van der Waals surface area contributed by atoms with Gasteiger partial charge in [-0.05, 0) is 42.3 Å². The van der Waals surface area contributed by atoms with E-state index in [0.717, 1.165) is 22.6 Å². The van der Waals surface area contributed by atoms with Crippen LogP contribution in [-0.2, 0) is 16.1 Å². The van der Waals surface area contributed by atoms with Crippen molar-refractivity contribution in [2.75, 3.05) is 20.8 Å². The smallest absolute Gasteiger partial charge is 0.307 e. The summed E-state index contributed by atoms with van der Waals surface area (Å²) in [6.45, 7) is 2.79. The van der Waals surface area contributed by atoms with E-state index in [9.17, 15) is 4.79 Å². The average Bonchev–Trinajstić information content (AvgIpc) is 2.65. The molecule has 0 heterocycles. The van der Waals surface area contributed by atoms with Crippen LogP contribution in [0.1, 0.15) is 30.5 Å². The summed E-state index contributed by atoms with van der Waals surface area (Å²) in [5.74, 6) is 1.34. The molecule has 0 saturated carbocycles. The number of carbonyl (C=O) groups is 1. The van der Waals surface area contributed by atoms with E-state index in [2.05, 4.69) is 5.32 Å². The van der Waals surface area contributed by atoms with Crippen molar-refractivity contribution in [1.82, 2.24) is 5.32 Å². The summed E-state index contributed by atoms with van der Waals surface area (Å²) in [4.78, 5) is 12.0. The van der Waals surface area contributed by atoms with Crippen LogP contribution in [0.25, 0.3) is 0 Å². The first-order chi connectivity index (χ1) is 12.2. The molecule has 0 aromatic heterocycles. The number of ether oxygens (including phenoxy) is 3. The van der Waals surface area contributed by atoms with Gasteiger partial charge in [0.15, 0.2) is 0 Å². The fraction of sp³-hybridized carbons (Fsp3) is 0.350. The van der Waals surface area contributed by atoms with Gasteiger partial charge in [0.05, 0.1) is 27.2 Å². The van der Waals surface area contributed by atoms with Crippen molar-refractivity contribution in [2.24, 2.45) is 0 Å². The summed E-state index contributed by atoms with van der Waals surface area (Å²) in [5, 5.41) is 3.43. The summed E-state index contributed by atoms with van der Waals surface area (Å²) in [6, 6.07) is 15.4. The molecule has 2 aromatic carbocycles. The zero-order chi connectivity index (χ0) is 18.1. The van der Waals surface area contributed by atoms with Crippen LogP contribution < -0.4 is 14.8 Å². The van der Waals surface area contributed by atoms with Gasteiger partial charge in [-0.1, -0.05) is 24.3 Å². The molecule has 0 aliphatic rings. The largest absolute Gasteiger partial charge is 0.497 e. The lowest BCUT2D eigenvalue weighted by molar-refractivity contribution is -0.143. The molecule has 0 fully saturated rings. The lowest BCUT2D eigenvalue weighted by Gasteiger charge is -2.19. The SMILES string of the molecule is CCOC(=O)CC(NCc1cccc(OC)c1)c1cccc(OC)c1. The fourth-order valence-electron chi connectivity index (χ4n) is 2.58. The van der Waals surface area contributed by atoms with Gasteiger partial charge in [0, 0.05) is 12.6 Å². The second-order valence-electron chi connectivity index (χ2n) is 5.57. The molecule has 134 valence electrons. The third kappa shape index (κ3) is 5.80. The molecule has 0 radical (unpaired) electrons. The number of carbonyl (C=O) groups excluding carboxylic acids is 1. The average molecular weight is 343 g/mol. The standard InChI is InChI=1S/C20H25NO4/c1-4-25-20(22)13-19(16-8-6-10-18(12-16)24-3)21-14-15-7-5-9-17(11-15)23-2/h5-12,19,21H,4,13-14H2,1-3H3. The zero-order valence-corrected chi connectivity index (χ0v) is 15.0. The maximum Gasteiger partial charge on any atom is 0.307 e. The molecule has 5 nitrogen and oxygen atoms in total. The van der Waals surface area contributed by atoms with Crippen LogP contribution in [0, 0.1) is 0 Å². The fourth-order valence-corrected chi connectivity index (χ4v) is 2.58. The monoisotopic (exact) mass is 343 g/mol. The van der Waals surface area contributed by atoms with Crippen LogP contribution >= 0.6 is 0 Å². The van der Waals surface area contributed by atoms with Gasteiger partial charge in [-0.2, -0.15) is 0 Å². The number of esters is 1. The van der Waals surface area contributed by atoms with E-state index in [1.54, 1.807) is 14.2 Å². The van der Waals surface area contributed by atoms with E-state index in [1.807, 2.05) is 55.5 Å². The van der Waals surface area contributed by atoms with E-state index >= 15 is 0 Å². The van der Waals surface area contributed by atoms with Crippen molar-refractivity contribution in [3.8, 4) is 11.5 Å². The molecule has 1 atom stereocenters. The van der Waals surface area contributed by atoms with Crippen molar-refractivity contribution < 1.29 is 19.0 Å². The number of methoxy groups -OCH3 is 2. The topological polar surface area (TPSA) is 56.8 Å². The lowest BCUT2D eigenvalue weighted by atomic mass is 10.0. The highest BCUT2D eigenvalue weighted by atomic mass is 16.5. The minimum absolute atomic E-state index is 0.166. The number of benzene rings is 2. The van der Waals surface area contributed by atoms with Crippen molar-refractivity contribution >= 4 is 5.97 Å². The Morgan fingerprint density at radius 1 is 1.04 bits per heavy atom. The maximum atomic E-state index is 12.0. The molecule has 2 aromatic rings. The minimum atomic E-state index is -0.228. The third-order valence-electron chi connectivity index (χ3n) is 3.86. The van der Waals surface area contributed by atoms with Crippen LogP contribution in [0.5, 0.6) is 11.5 Å². The highest BCUT2D eigenvalue weighted by molar-refractivity contribution is 5.70. The molecule has 0 saturated heterocycles. The first-order valence-electron chi connectivity index (χ1n) is 8.32. The Bertz CT molecular complexity index is 687. The molecule has 2 rings (SSSR count). The second-order valence-corrected chi connectivity index (χ2v) is 5.57. The van der Waals surface area contributed by atoms with Crippen LogP contribution in [0.3, 0.4) is 0 Å². The molecule has 1 N–H and O–H groups in total. The Kier molecular flexibility index (Phi) is 7.29. The van der Waals surface area contributed by atoms with Gasteiger partial charge in [0.25, 0.3) is 0 Å². The van der Waals surface area contributed by atoms with E-state index in [0.29, 0.717) is 13.2 Å². The van der Waals surface area contributed by atoms with Crippen LogP contribution in [0.4, 0.5) is 0 Å². The highest BCUT2D eigenvalue weighted by Crippen LogP contribution is 2.23. The Balaban J connectivity index is 2.14. The molecule has 1 unspecified atom stereocenters. The van der Waals surface area contributed by atoms with Crippen molar-refractivity contribution in [3.63, 3.8) is 0 Å². The van der Waals surface area contributed by atoms with Gasteiger partial charge in [-0.3, -0.25) is 4.79 Å². The van der Waals surface area contributed by atoms with Gasteiger partial charge in [-0.25, -0.2) is 0 Å². The van der Waals surface area contributed by atoms with E-state index in [1.165, 1.54) is 0 Å². The van der Waals surface area contributed by atoms with Crippen LogP contribution in [0.2, 0.25) is 0 Å². The van der Waals surface area contributed by atoms with E-state index in [4.69, 9.17) is 14.2 Å². The lowest BCUT2D eigenvalue weighted by Crippen LogP contribution is -2.24. The summed E-state index contributed by atoms with van der Waals surface area (Å²) in [6.07, 6.45) is 0.255. The van der Waals surface area contributed by atoms with Gasteiger partial charge < -0.3 is 19.5 Å². The number of nitrogens with one attached hydrogen (secondary N) is 1. The third-order valence-corrected chi connectivity index (χ3v) is 3.86. The molecule has 0 amide bonds. The summed E-state index contributed by atoms with van der Waals surface area (Å²) in [5.41, 5.74) is 2.06. The Labute approximate surface area is 148 Å². The molecule has 25 heavy (non-hydrogen) atoms. The maximum absolute atomic E-state index is 12.0. The second kappa shape index (κ2) is 9.69. The molecular formula is C20H25NO4. The van der Waals surface area contributed by atoms with Crippen molar-refractivity contribution in [2.45, 2.75) is 25.9 Å². The highest BCUT2D eigenvalue weighted by Gasteiger charge is 2.17. The summed E-state index contributed by atoms with van der Waals surface area (Å²) < 4.78 is 15.7. The predicted molar refractivity (Wildman–Crippen MR) is 96.8 cm³/mol. The Morgan fingerprint density at radius 3 is 2.40 bits per heavy atom. The first-order valence-corrected chi connectivity index (χ1v) is 8.32. The minimum Gasteiger partial charge on any atom is -0.497 e. The summed E-state index contributed by atoms with van der Waals surface area (Å²) in [7, 11) is 3.27. The molecule has 0 aliphatic heterocycles. The zero-order valence-electron chi connectivity index (χ0n) is 15.0. The Morgan fingerprint density at radius 2 is 1.72 bits per heavy atom. The molecule has 0 spiro atoms. The number of hydrogen-bond acceptors (Lipinski definition) is 5. The predicted octanol–water partition coefficient (Wildman–Crippen LogP) is 3.49. The van der Waals surface area contributed by atoms with Crippen LogP contribution in [-0.4, -0.2) is 26.8 Å². The van der Waals surface area contributed by atoms with E-state index in [-0.39, 0.29) is 18.4 Å². The van der Waals surface area contributed by atoms with Crippen molar-refractivity contribution in [3.05, 3.63) is 59.7 Å². The van der Waals surface area contributed by atoms with Gasteiger partial charge in [0.2, 0.25) is 0 Å². The number of rotatable bonds is 9.